The predicted molar refractivity (Wildman–Crippen MR) is 69.0 cm³/mol. The highest BCUT2D eigenvalue weighted by Crippen LogP contribution is 2.40. The fourth-order valence-electron chi connectivity index (χ4n) is 2.45. The Bertz CT molecular complexity index is 524. The van der Waals surface area contributed by atoms with E-state index >= 15 is 0 Å². The Hall–Kier alpha value is -1.82. The summed E-state index contributed by atoms with van der Waals surface area (Å²) in [5.74, 6) is 0. The molecule has 1 aromatic carbocycles. The van der Waals surface area contributed by atoms with Gasteiger partial charge in [0.1, 0.15) is 0 Å². The molecule has 0 aliphatic heterocycles. The Labute approximate surface area is 96.3 Å². The quantitative estimate of drug-likeness (QED) is 0.643. The lowest BCUT2D eigenvalue weighted by atomic mass is 9.91. The van der Waals surface area contributed by atoms with E-state index in [4.69, 9.17) is 0 Å². The minimum absolute atomic E-state index is 1.01. The van der Waals surface area contributed by atoms with Gasteiger partial charge in [-0.2, -0.15) is 0 Å². The van der Waals surface area contributed by atoms with Gasteiger partial charge in [0.25, 0.3) is 0 Å². The lowest BCUT2D eigenvalue weighted by molar-refractivity contribution is 1.13. The lowest BCUT2D eigenvalue weighted by Crippen LogP contribution is -1.94. The van der Waals surface area contributed by atoms with Crippen LogP contribution in [0.5, 0.6) is 0 Å². The summed E-state index contributed by atoms with van der Waals surface area (Å²) in [7, 11) is 0. The summed E-state index contributed by atoms with van der Waals surface area (Å²) in [4.78, 5) is 0. The maximum absolute atomic E-state index is 4.14. The van der Waals surface area contributed by atoms with E-state index in [1.807, 2.05) is 0 Å². The molecular weight excluding hydrogens is 192 g/mol. The highest BCUT2D eigenvalue weighted by atomic mass is 14.2. The molecule has 0 spiro atoms. The van der Waals surface area contributed by atoms with Crippen molar-refractivity contribution < 1.29 is 0 Å². The average molecular weight is 206 g/mol. The van der Waals surface area contributed by atoms with Crippen molar-refractivity contribution in [3.05, 3.63) is 77.4 Å². The summed E-state index contributed by atoms with van der Waals surface area (Å²) >= 11 is 0. The minimum atomic E-state index is 1.01. The molecule has 0 N–H and O–H groups in total. The van der Waals surface area contributed by atoms with E-state index in [1.165, 1.54) is 27.9 Å². The summed E-state index contributed by atoms with van der Waals surface area (Å²) in [6.07, 6.45) is 8.83. The summed E-state index contributed by atoms with van der Waals surface area (Å²) in [6, 6.07) is 10.6. The highest BCUT2D eigenvalue weighted by molar-refractivity contribution is 5.87. The fourth-order valence-corrected chi connectivity index (χ4v) is 2.45. The molecule has 2 aliphatic carbocycles. The zero-order valence-corrected chi connectivity index (χ0v) is 9.24. The van der Waals surface area contributed by atoms with E-state index in [9.17, 15) is 0 Å². The third-order valence-electron chi connectivity index (χ3n) is 3.29. The third-order valence-corrected chi connectivity index (χ3v) is 3.29. The van der Waals surface area contributed by atoms with Crippen molar-refractivity contribution in [1.82, 2.24) is 0 Å². The fraction of sp³-hybridized carbons (Fsp3) is 0.125. The first-order valence-corrected chi connectivity index (χ1v) is 5.70. The molecule has 0 amide bonds. The highest BCUT2D eigenvalue weighted by Gasteiger charge is 2.20. The van der Waals surface area contributed by atoms with Gasteiger partial charge in [0.2, 0.25) is 0 Å². The van der Waals surface area contributed by atoms with Gasteiger partial charge in [-0.15, -0.1) is 0 Å². The van der Waals surface area contributed by atoms with Crippen LogP contribution in [0, 0.1) is 0 Å². The molecular formula is C16H14. The van der Waals surface area contributed by atoms with Crippen LogP contribution in [0.2, 0.25) is 0 Å². The Morgan fingerprint density at radius 2 is 1.81 bits per heavy atom. The van der Waals surface area contributed by atoms with Crippen molar-refractivity contribution >= 4 is 5.57 Å². The second kappa shape index (κ2) is 3.64. The number of hydrogen-bond donors (Lipinski definition) is 0. The Balaban J connectivity index is 2.06. The van der Waals surface area contributed by atoms with Gasteiger partial charge in [-0.05, 0) is 40.7 Å². The van der Waals surface area contributed by atoms with Gasteiger partial charge < -0.3 is 0 Å². The Morgan fingerprint density at radius 3 is 2.62 bits per heavy atom. The minimum Gasteiger partial charge on any atom is -0.0952 e. The van der Waals surface area contributed by atoms with Crippen molar-refractivity contribution in [2.45, 2.75) is 12.8 Å². The van der Waals surface area contributed by atoms with Crippen molar-refractivity contribution in [1.29, 1.82) is 0 Å². The molecule has 0 atom stereocenters. The second-order valence-electron chi connectivity index (χ2n) is 4.29. The number of rotatable bonds is 1. The average Bonchev–Trinajstić information content (AvgIpc) is 2.75. The first-order valence-electron chi connectivity index (χ1n) is 5.70. The third kappa shape index (κ3) is 1.38. The Morgan fingerprint density at radius 1 is 1.00 bits per heavy atom. The van der Waals surface area contributed by atoms with Crippen molar-refractivity contribution in [2.75, 3.05) is 0 Å². The van der Waals surface area contributed by atoms with Crippen LogP contribution < -0.4 is 0 Å². The molecule has 0 bridgehead atoms. The maximum Gasteiger partial charge on any atom is -0.00792 e. The maximum atomic E-state index is 4.14. The van der Waals surface area contributed by atoms with E-state index in [0.29, 0.717) is 0 Å². The molecule has 0 nitrogen and oxygen atoms in total. The number of allylic oxidation sites excluding steroid dienone is 7. The Kier molecular flexibility index (Phi) is 2.14. The topological polar surface area (TPSA) is 0 Å². The molecule has 0 saturated heterocycles. The van der Waals surface area contributed by atoms with Gasteiger partial charge in [-0.1, -0.05) is 55.1 Å². The van der Waals surface area contributed by atoms with Crippen LogP contribution in [-0.2, 0) is 0 Å². The first kappa shape index (κ1) is 9.41. The normalized spacial score (nSPS) is 18.8. The van der Waals surface area contributed by atoms with Crippen LogP contribution in [0.1, 0.15) is 18.4 Å². The SMILES string of the molecule is C=C1CC=CC2=C1CC=C2c1ccccc1. The lowest BCUT2D eigenvalue weighted by Gasteiger charge is -2.14. The molecule has 1 aromatic rings. The van der Waals surface area contributed by atoms with Gasteiger partial charge in [0.15, 0.2) is 0 Å². The summed E-state index contributed by atoms with van der Waals surface area (Å²) < 4.78 is 0. The van der Waals surface area contributed by atoms with Crippen LogP contribution >= 0.6 is 0 Å². The molecule has 0 heterocycles. The molecule has 0 unspecified atom stereocenters. The van der Waals surface area contributed by atoms with Crippen molar-refractivity contribution in [2.24, 2.45) is 0 Å². The summed E-state index contributed by atoms with van der Waals surface area (Å²) in [5.41, 5.74) is 6.77. The molecule has 3 rings (SSSR count). The predicted octanol–water partition coefficient (Wildman–Crippen LogP) is 4.29. The van der Waals surface area contributed by atoms with Gasteiger partial charge >= 0.3 is 0 Å². The second-order valence-corrected chi connectivity index (χ2v) is 4.29. The molecule has 0 radical (unpaired) electrons. The van der Waals surface area contributed by atoms with E-state index in [2.05, 4.69) is 55.1 Å². The molecule has 2 aliphatic rings. The van der Waals surface area contributed by atoms with Crippen molar-refractivity contribution in [3.63, 3.8) is 0 Å². The van der Waals surface area contributed by atoms with Crippen molar-refractivity contribution in [3.8, 4) is 0 Å². The van der Waals surface area contributed by atoms with E-state index in [-0.39, 0.29) is 0 Å². The van der Waals surface area contributed by atoms with E-state index in [0.717, 1.165) is 12.8 Å². The van der Waals surface area contributed by atoms with Crippen LogP contribution in [0.3, 0.4) is 0 Å². The monoisotopic (exact) mass is 206 g/mol. The molecule has 0 heteroatoms. The number of hydrogen-bond acceptors (Lipinski definition) is 0. The zero-order valence-electron chi connectivity index (χ0n) is 9.24. The standard InChI is InChI=1S/C16H14/c1-12-6-5-9-16-14(12)10-11-15(16)13-7-3-2-4-8-13/h2-5,7-9,11H,1,6,10H2. The summed E-state index contributed by atoms with van der Waals surface area (Å²) in [5, 5.41) is 0. The molecule has 0 aromatic heterocycles. The van der Waals surface area contributed by atoms with E-state index in [1.54, 1.807) is 0 Å². The van der Waals surface area contributed by atoms with E-state index < -0.39 is 0 Å². The largest absolute Gasteiger partial charge is 0.0952 e. The van der Waals surface area contributed by atoms with Crippen LogP contribution in [0.15, 0.2) is 71.9 Å². The van der Waals surface area contributed by atoms with Gasteiger partial charge in [0, 0.05) is 0 Å². The number of benzene rings is 1. The van der Waals surface area contributed by atoms with Gasteiger partial charge in [-0.3, -0.25) is 0 Å². The van der Waals surface area contributed by atoms with Gasteiger partial charge in [-0.25, -0.2) is 0 Å². The zero-order chi connectivity index (χ0) is 11.0. The molecule has 16 heavy (non-hydrogen) atoms. The van der Waals surface area contributed by atoms with Crippen LogP contribution in [0.25, 0.3) is 5.57 Å². The van der Waals surface area contributed by atoms with Gasteiger partial charge in [0.05, 0.1) is 0 Å². The van der Waals surface area contributed by atoms with Crippen LogP contribution in [0.4, 0.5) is 0 Å². The first-order chi connectivity index (χ1) is 7.86. The summed E-state index contributed by atoms with van der Waals surface area (Å²) in [6.45, 7) is 4.14. The molecule has 78 valence electrons. The molecule has 0 saturated carbocycles. The smallest absolute Gasteiger partial charge is 0.00792 e. The van der Waals surface area contributed by atoms with Crippen LogP contribution in [-0.4, -0.2) is 0 Å². The molecule has 0 fully saturated rings.